The van der Waals surface area contributed by atoms with Gasteiger partial charge in [-0.3, -0.25) is 4.90 Å². The smallest absolute Gasteiger partial charge is 0.0562 e. The van der Waals surface area contributed by atoms with Crippen LogP contribution in [-0.2, 0) is 5.41 Å². The Balaban J connectivity index is 2.86. The van der Waals surface area contributed by atoms with Crippen molar-refractivity contribution in [2.75, 3.05) is 20.1 Å². The number of nitrogens with zero attached hydrogens (tertiary/aromatic N) is 1. The van der Waals surface area contributed by atoms with E-state index in [4.69, 9.17) is 5.73 Å². The molecule has 1 rings (SSSR count). The highest BCUT2D eigenvalue weighted by Gasteiger charge is 2.21. The van der Waals surface area contributed by atoms with E-state index in [1.807, 2.05) is 11.3 Å². The van der Waals surface area contributed by atoms with Gasteiger partial charge >= 0.3 is 0 Å². The Morgan fingerprint density at radius 1 is 1.28 bits per heavy atom. The van der Waals surface area contributed by atoms with E-state index >= 15 is 0 Å². The molecule has 0 aromatic carbocycles. The van der Waals surface area contributed by atoms with Crippen LogP contribution >= 0.6 is 11.3 Å². The van der Waals surface area contributed by atoms with Crippen molar-refractivity contribution in [3.8, 4) is 0 Å². The summed E-state index contributed by atoms with van der Waals surface area (Å²) in [5.74, 6) is 0.672. The van der Waals surface area contributed by atoms with Crippen LogP contribution in [0.15, 0.2) is 12.1 Å². The van der Waals surface area contributed by atoms with Crippen LogP contribution in [-0.4, -0.2) is 25.0 Å². The molecule has 0 spiro atoms. The molecule has 104 valence electrons. The number of likely N-dealkylation sites (N-methyl/N-ethyl adjacent to an activating group) is 1. The molecule has 1 atom stereocenters. The number of hydrogen-bond donors (Lipinski definition) is 1. The van der Waals surface area contributed by atoms with Crippen LogP contribution in [0.5, 0.6) is 0 Å². The predicted octanol–water partition coefficient (Wildman–Crippen LogP) is 3.63. The van der Waals surface area contributed by atoms with Crippen molar-refractivity contribution in [1.82, 2.24) is 4.90 Å². The molecular formula is C15H28N2S. The lowest BCUT2D eigenvalue weighted by molar-refractivity contribution is 0.226. The molecule has 1 aromatic heterocycles. The van der Waals surface area contributed by atoms with Gasteiger partial charge in [0.15, 0.2) is 0 Å². The first-order chi connectivity index (χ1) is 8.25. The Bertz CT molecular complexity index is 363. The quantitative estimate of drug-likeness (QED) is 0.883. The first kappa shape index (κ1) is 15.7. The summed E-state index contributed by atoms with van der Waals surface area (Å²) in [7, 11) is 2.17. The second-order valence-electron chi connectivity index (χ2n) is 6.54. The van der Waals surface area contributed by atoms with Gasteiger partial charge in [-0.25, -0.2) is 0 Å². The zero-order valence-corrected chi connectivity index (χ0v) is 13.5. The average Bonchev–Trinajstić information content (AvgIpc) is 2.66. The van der Waals surface area contributed by atoms with E-state index in [0.717, 1.165) is 6.54 Å². The largest absolute Gasteiger partial charge is 0.329 e. The normalized spacial score (nSPS) is 14.5. The molecule has 2 N–H and O–H groups in total. The van der Waals surface area contributed by atoms with Crippen molar-refractivity contribution in [1.29, 1.82) is 0 Å². The maximum atomic E-state index is 5.96. The van der Waals surface area contributed by atoms with E-state index in [9.17, 15) is 0 Å². The van der Waals surface area contributed by atoms with Crippen LogP contribution in [0.3, 0.4) is 0 Å². The van der Waals surface area contributed by atoms with Crippen LogP contribution in [0.2, 0.25) is 0 Å². The van der Waals surface area contributed by atoms with Gasteiger partial charge in [-0.15, -0.1) is 11.3 Å². The fourth-order valence-electron chi connectivity index (χ4n) is 2.15. The van der Waals surface area contributed by atoms with Crippen molar-refractivity contribution < 1.29 is 0 Å². The van der Waals surface area contributed by atoms with Gasteiger partial charge in [-0.1, -0.05) is 34.6 Å². The van der Waals surface area contributed by atoms with Crippen LogP contribution in [0.1, 0.15) is 50.4 Å². The number of hydrogen-bond acceptors (Lipinski definition) is 3. The topological polar surface area (TPSA) is 29.3 Å². The summed E-state index contributed by atoms with van der Waals surface area (Å²) >= 11 is 1.91. The lowest BCUT2D eigenvalue weighted by Gasteiger charge is -2.27. The number of nitrogens with two attached hydrogens (primary N) is 1. The molecule has 0 fully saturated rings. The fourth-order valence-corrected chi connectivity index (χ4v) is 3.40. The minimum atomic E-state index is 0.235. The summed E-state index contributed by atoms with van der Waals surface area (Å²) in [6, 6.07) is 4.86. The fraction of sp³-hybridized carbons (Fsp3) is 0.733. The molecule has 3 heteroatoms. The first-order valence-corrected chi connectivity index (χ1v) is 7.58. The Morgan fingerprint density at radius 3 is 2.28 bits per heavy atom. The molecular weight excluding hydrogens is 240 g/mol. The van der Waals surface area contributed by atoms with Gasteiger partial charge in [0.2, 0.25) is 0 Å². The van der Waals surface area contributed by atoms with Crippen LogP contribution in [0, 0.1) is 5.92 Å². The predicted molar refractivity (Wildman–Crippen MR) is 82.3 cm³/mol. The maximum absolute atomic E-state index is 5.96. The Kier molecular flexibility index (Phi) is 5.38. The lowest BCUT2D eigenvalue weighted by Crippen LogP contribution is -2.32. The van der Waals surface area contributed by atoms with Gasteiger partial charge in [-0.2, -0.15) is 0 Å². The minimum absolute atomic E-state index is 0.235. The molecule has 1 aromatic rings. The van der Waals surface area contributed by atoms with Gasteiger partial charge in [0.25, 0.3) is 0 Å². The van der Waals surface area contributed by atoms with Gasteiger partial charge in [-0.05, 0) is 30.5 Å². The third-order valence-corrected chi connectivity index (χ3v) is 4.72. The van der Waals surface area contributed by atoms with Crippen molar-refractivity contribution >= 4 is 11.3 Å². The van der Waals surface area contributed by atoms with Gasteiger partial charge in [0.1, 0.15) is 0 Å². The molecule has 0 radical (unpaired) electrons. The highest BCUT2D eigenvalue weighted by Crippen LogP contribution is 2.33. The first-order valence-electron chi connectivity index (χ1n) is 6.76. The molecule has 0 aliphatic heterocycles. The minimum Gasteiger partial charge on any atom is -0.329 e. The third-order valence-electron chi connectivity index (χ3n) is 3.10. The Hall–Kier alpha value is -0.380. The van der Waals surface area contributed by atoms with E-state index in [0.29, 0.717) is 18.5 Å². The number of thiophene rings is 1. The monoisotopic (exact) mass is 268 g/mol. The van der Waals surface area contributed by atoms with E-state index in [1.165, 1.54) is 9.75 Å². The second kappa shape index (κ2) is 6.18. The van der Waals surface area contributed by atoms with Crippen molar-refractivity contribution in [3.05, 3.63) is 21.9 Å². The average molecular weight is 268 g/mol. The molecule has 2 nitrogen and oxygen atoms in total. The van der Waals surface area contributed by atoms with E-state index in [-0.39, 0.29) is 5.41 Å². The zero-order chi connectivity index (χ0) is 13.9. The standard InChI is InChI=1S/C15H28N2S/c1-11(2)10-17(6)12(9-16)13-7-8-14(18-13)15(3,4)5/h7-8,11-12H,9-10,16H2,1-6H3. The van der Waals surface area contributed by atoms with Gasteiger partial charge < -0.3 is 5.73 Å². The van der Waals surface area contributed by atoms with Crippen molar-refractivity contribution in [2.45, 2.75) is 46.1 Å². The molecule has 1 heterocycles. The Labute approximate surface area is 116 Å². The molecule has 0 amide bonds. The van der Waals surface area contributed by atoms with Crippen molar-refractivity contribution in [3.63, 3.8) is 0 Å². The SMILES string of the molecule is CC(C)CN(C)C(CN)c1ccc(C(C)(C)C)s1. The summed E-state index contributed by atoms with van der Waals surface area (Å²) in [5.41, 5.74) is 6.20. The van der Waals surface area contributed by atoms with Gasteiger partial charge in [0.05, 0.1) is 6.04 Å². The van der Waals surface area contributed by atoms with Crippen molar-refractivity contribution in [2.24, 2.45) is 11.7 Å². The summed E-state index contributed by atoms with van der Waals surface area (Å²) in [6.45, 7) is 13.1. The highest BCUT2D eigenvalue weighted by atomic mass is 32.1. The molecule has 0 saturated carbocycles. The van der Waals surface area contributed by atoms with Crippen LogP contribution in [0.25, 0.3) is 0 Å². The highest BCUT2D eigenvalue weighted by molar-refractivity contribution is 7.12. The summed E-state index contributed by atoms with van der Waals surface area (Å²) in [4.78, 5) is 5.21. The maximum Gasteiger partial charge on any atom is 0.0562 e. The molecule has 0 aliphatic rings. The molecule has 18 heavy (non-hydrogen) atoms. The molecule has 0 bridgehead atoms. The summed E-state index contributed by atoms with van der Waals surface area (Å²) in [5, 5.41) is 0. The van der Waals surface area contributed by atoms with E-state index in [1.54, 1.807) is 0 Å². The van der Waals surface area contributed by atoms with Gasteiger partial charge in [0, 0.05) is 22.8 Å². The van der Waals surface area contributed by atoms with E-state index in [2.05, 4.69) is 58.7 Å². The summed E-state index contributed by atoms with van der Waals surface area (Å²) in [6.07, 6.45) is 0. The Morgan fingerprint density at radius 2 is 1.89 bits per heavy atom. The molecule has 0 saturated heterocycles. The van der Waals surface area contributed by atoms with Crippen LogP contribution in [0.4, 0.5) is 0 Å². The molecule has 0 aliphatic carbocycles. The zero-order valence-electron chi connectivity index (χ0n) is 12.7. The number of rotatable bonds is 5. The third kappa shape index (κ3) is 4.08. The molecule has 1 unspecified atom stereocenters. The second-order valence-corrected chi connectivity index (χ2v) is 7.65. The lowest BCUT2D eigenvalue weighted by atomic mass is 9.95. The van der Waals surface area contributed by atoms with Crippen LogP contribution < -0.4 is 5.73 Å². The van der Waals surface area contributed by atoms with E-state index < -0.39 is 0 Å². The summed E-state index contributed by atoms with van der Waals surface area (Å²) < 4.78 is 0.